The molecular weight excluding hydrogens is 352 g/mol. The second kappa shape index (κ2) is 6.67. The van der Waals surface area contributed by atoms with E-state index in [4.69, 9.17) is 4.74 Å². The fourth-order valence-corrected chi connectivity index (χ4v) is 3.83. The summed E-state index contributed by atoms with van der Waals surface area (Å²) in [5, 5.41) is 2.11. The van der Waals surface area contributed by atoms with Gasteiger partial charge in [-0.2, -0.15) is 0 Å². The first-order chi connectivity index (χ1) is 9.74. The van der Waals surface area contributed by atoms with E-state index in [-0.39, 0.29) is 6.09 Å². The largest absolute Gasteiger partial charge is 0.444 e. The number of piperazine rings is 1. The monoisotopic (exact) mass is 374 g/mol. The van der Waals surface area contributed by atoms with Crippen molar-refractivity contribution in [1.29, 1.82) is 0 Å². The van der Waals surface area contributed by atoms with Gasteiger partial charge in [0.15, 0.2) is 0 Å². The van der Waals surface area contributed by atoms with Gasteiger partial charge in [-0.25, -0.2) is 4.79 Å². The third-order valence-corrected chi connectivity index (χ3v) is 5.08. The first-order valence-corrected chi connectivity index (χ1v) is 8.87. The molecule has 0 bridgehead atoms. The van der Waals surface area contributed by atoms with E-state index in [0.29, 0.717) is 6.04 Å². The van der Waals surface area contributed by atoms with Gasteiger partial charge >= 0.3 is 6.09 Å². The summed E-state index contributed by atoms with van der Waals surface area (Å²) < 4.78 is 6.59. The minimum atomic E-state index is -0.430. The molecule has 0 N–H and O–H groups in total. The highest BCUT2D eigenvalue weighted by Gasteiger charge is 2.29. The summed E-state index contributed by atoms with van der Waals surface area (Å²) in [7, 11) is 0. The van der Waals surface area contributed by atoms with Crippen LogP contribution in [0, 0.1) is 0 Å². The van der Waals surface area contributed by atoms with E-state index in [1.54, 1.807) is 11.3 Å². The van der Waals surface area contributed by atoms with Gasteiger partial charge in [0.2, 0.25) is 0 Å². The molecule has 0 aliphatic carbocycles. The van der Waals surface area contributed by atoms with E-state index in [1.165, 1.54) is 4.88 Å². The zero-order chi connectivity index (χ0) is 15.6. The molecule has 0 saturated carbocycles. The molecule has 0 unspecified atom stereocenters. The van der Waals surface area contributed by atoms with Crippen molar-refractivity contribution in [3.05, 3.63) is 20.8 Å². The molecule has 118 valence electrons. The van der Waals surface area contributed by atoms with E-state index in [2.05, 4.69) is 39.2 Å². The molecular formula is C15H23BrN2O2S. The summed E-state index contributed by atoms with van der Waals surface area (Å²) in [5.41, 5.74) is -0.430. The van der Waals surface area contributed by atoms with Gasteiger partial charge in [-0.05, 0) is 49.7 Å². The van der Waals surface area contributed by atoms with Crippen LogP contribution < -0.4 is 0 Å². The van der Waals surface area contributed by atoms with E-state index in [1.807, 2.05) is 25.7 Å². The van der Waals surface area contributed by atoms with Crippen molar-refractivity contribution in [2.45, 2.75) is 45.9 Å². The van der Waals surface area contributed by atoms with Crippen LogP contribution in [-0.4, -0.2) is 47.2 Å². The van der Waals surface area contributed by atoms with Crippen LogP contribution in [-0.2, 0) is 11.3 Å². The van der Waals surface area contributed by atoms with Crippen LogP contribution in [0.25, 0.3) is 0 Å². The number of hydrogen-bond acceptors (Lipinski definition) is 4. The predicted molar refractivity (Wildman–Crippen MR) is 89.7 cm³/mol. The molecule has 1 aliphatic rings. The molecule has 2 heterocycles. The number of thiophene rings is 1. The van der Waals surface area contributed by atoms with Crippen LogP contribution in [0.5, 0.6) is 0 Å². The number of rotatable bonds is 2. The third kappa shape index (κ3) is 4.97. The Kier molecular flexibility index (Phi) is 5.33. The predicted octanol–water partition coefficient (Wildman–Crippen LogP) is 3.95. The van der Waals surface area contributed by atoms with Crippen molar-refractivity contribution in [1.82, 2.24) is 9.80 Å². The summed E-state index contributed by atoms with van der Waals surface area (Å²) >= 11 is 5.26. The van der Waals surface area contributed by atoms with Crippen molar-refractivity contribution in [2.24, 2.45) is 0 Å². The second-order valence-electron chi connectivity index (χ2n) is 6.48. The first kappa shape index (κ1) is 16.8. The molecule has 0 spiro atoms. The summed E-state index contributed by atoms with van der Waals surface area (Å²) in [6.45, 7) is 11.2. The lowest BCUT2D eigenvalue weighted by molar-refractivity contribution is 0.00475. The van der Waals surface area contributed by atoms with Gasteiger partial charge in [0, 0.05) is 47.0 Å². The lowest BCUT2D eigenvalue weighted by Gasteiger charge is -2.40. The van der Waals surface area contributed by atoms with E-state index in [0.717, 1.165) is 30.7 Å². The summed E-state index contributed by atoms with van der Waals surface area (Å²) in [6.07, 6.45) is -0.201. The highest BCUT2D eigenvalue weighted by molar-refractivity contribution is 9.10. The van der Waals surface area contributed by atoms with Crippen LogP contribution in [0.2, 0.25) is 0 Å². The number of amides is 1. The van der Waals surface area contributed by atoms with Gasteiger partial charge in [0.05, 0.1) is 0 Å². The van der Waals surface area contributed by atoms with Crippen molar-refractivity contribution in [3.8, 4) is 0 Å². The summed E-state index contributed by atoms with van der Waals surface area (Å²) in [4.78, 5) is 17.7. The smallest absolute Gasteiger partial charge is 0.410 e. The molecule has 1 saturated heterocycles. The number of nitrogens with zero attached hydrogens (tertiary/aromatic N) is 2. The average Bonchev–Trinajstić information content (AvgIpc) is 2.75. The van der Waals surface area contributed by atoms with Crippen molar-refractivity contribution >= 4 is 33.4 Å². The van der Waals surface area contributed by atoms with Gasteiger partial charge in [-0.3, -0.25) is 4.90 Å². The standard InChI is InChI=1S/C15H23BrN2O2S/c1-11-8-18(14(19)20-15(2,3)4)6-5-17(11)9-13-7-12(16)10-21-13/h7,10-11H,5-6,8-9H2,1-4H3/t11-/m1/s1. The molecule has 2 rings (SSSR count). The van der Waals surface area contributed by atoms with Crippen LogP contribution in [0.3, 0.4) is 0 Å². The quantitative estimate of drug-likeness (QED) is 0.785. The van der Waals surface area contributed by atoms with Crippen LogP contribution in [0.4, 0.5) is 4.79 Å². The Bertz CT molecular complexity index is 498. The molecule has 1 aromatic rings. The molecule has 1 amide bonds. The zero-order valence-corrected chi connectivity index (χ0v) is 15.5. The van der Waals surface area contributed by atoms with Gasteiger partial charge in [0.1, 0.15) is 5.60 Å². The van der Waals surface area contributed by atoms with E-state index in [9.17, 15) is 4.79 Å². The lowest BCUT2D eigenvalue weighted by Crippen LogP contribution is -2.53. The van der Waals surface area contributed by atoms with Crippen molar-refractivity contribution in [2.75, 3.05) is 19.6 Å². The van der Waals surface area contributed by atoms with Crippen LogP contribution in [0.15, 0.2) is 15.9 Å². The molecule has 6 heteroatoms. The Morgan fingerprint density at radius 3 is 2.71 bits per heavy atom. The van der Waals surface area contributed by atoms with Gasteiger partial charge in [-0.15, -0.1) is 11.3 Å². The van der Waals surface area contributed by atoms with Gasteiger partial charge in [0.25, 0.3) is 0 Å². The maximum atomic E-state index is 12.1. The highest BCUT2D eigenvalue weighted by atomic mass is 79.9. The summed E-state index contributed by atoms with van der Waals surface area (Å²) in [5.74, 6) is 0. The number of halogens is 1. The molecule has 1 aromatic heterocycles. The Morgan fingerprint density at radius 1 is 1.48 bits per heavy atom. The molecule has 21 heavy (non-hydrogen) atoms. The Morgan fingerprint density at radius 2 is 2.19 bits per heavy atom. The number of ether oxygens (including phenoxy) is 1. The maximum Gasteiger partial charge on any atom is 0.410 e. The zero-order valence-electron chi connectivity index (χ0n) is 13.1. The maximum absolute atomic E-state index is 12.1. The fourth-order valence-electron chi connectivity index (χ4n) is 2.36. The fraction of sp³-hybridized carbons (Fsp3) is 0.667. The van der Waals surface area contributed by atoms with Crippen LogP contribution >= 0.6 is 27.3 Å². The number of hydrogen-bond donors (Lipinski definition) is 0. The van der Waals surface area contributed by atoms with E-state index >= 15 is 0 Å². The number of carbonyl (C=O) groups excluding carboxylic acids is 1. The Balaban J connectivity index is 1.88. The Labute approximate surface area is 139 Å². The van der Waals surface area contributed by atoms with Gasteiger partial charge in [-0.1, -0.05) is 0 Å². The molecule has 1 atom stereocenters. The normalized spacial score (nSPS) is 20.6. The average molecular weight is 375 g/mol. The van der Waals surface area contributed by atoms with Crippen LogP contribution in [0.1, 0.15) is 32.6 Å². The molecule has 1 aliphatic heterocycles. The lowest BCUT2D eigenvalue weighted by atomic mass is 10.2. The van der Waals surface area contributed by atoms with Crippen molar-refractivity contribution in [3.63, 3.8) is 0 Å². The topological polar surface area (TPSA) is 32.8 Å². The first-order valence-electron chi connectivity index (χ1n) is 7.19. The van der Waals surface area contributed by atoms with E-state index < -0.39 is 5.60 Å². The highest BCUT2D eigenvalue weighted by Crippen LogP contribution is 2.23. The molecule has 0 aromatic carbocycles. The Hall–Kier alpha value is -0.590. The minimum absolute atomic E-state index is 0.201. The summed E-state index contributed by atoms with van der Waals surface area (Å²) in [6, 6.07) is 2.50. The molecule has 1 fully saturated rings. The van der Waals surface area contributed by atoms with Gasteiger partial charge < -0.3 is 9.64 Å². The van der Waals surface area contributed by atoms with Crippen molar-refractivity contribution < 1.29 is 9.53 Å². The number of carbonyl (C=O) groups is 1. The molecule has 0 radical (unpaired) electrons. The second-order valence-corrected chi connectivity index (χ2v) is 8.39. The molecule has 4 nitrogen and oxygen atoms in total. The minimum Gasteiger partial charge on any atom is -0.444 e. The SMILES string of the molecule is C[C@@H]1CN(C(=O)OC(C)(C)C)CCN1Cc1cc(Br)cs1. The third-order valence-electron chi connectivity index (χ3n) is 3.40.